The number of aromatic amines is 1. The van der Waals surface area contributed by atoms with E-state index in [9.17, 15) is 4.79 Å². The number of halogens is 2. The lowest BCUT2D eigenvalue weighted by Crippen LogP contribution is -2.12. The van der Waals surface area contributed by atoms with Gasteiger partial charge in [-0.25, -0.2) is 4.98 Å². The molecule has 0 unspecified atom stereocenters. The normalized spacial score (nSPS) is 10.6. The monoisotopic (exact) mass is 311 g/mol. The van der Waals surface area contributed by atoms with Gasteiger partial charge in [0.15, 0.2) is 0 Å². The van der Waals surface area contributed by atoms with Gasteiger partial charge < -0.3 is 5.32 Å². The summed E-state index contributed by atoms with van der Waals surface area (Å²) in [5.41, 5.74) is 1.32. The molecule has 1 heterocycles. The first-order chi connectivity index (χ1) is 9.58. The Morgan fingerprint density at radius 1 is 1.25 bits per heavy atom. The number of hydrogen-bond donors (Lipinski definition) is 2. The molecule has 0 bridgehead atoms. The number of H-pyrrole nitrogens is 1. The second kappa shape index (κ2) is 6.77. The maximum absolute atomic E-state index is 11.6. The van der Waals surface area contributed by atoms with Crippen molar-refractivity contribution in [3.05, 3.63) is 50.4 Å². The summed E-state index contributed by atoms with van der Waals surface area (Å²) in [6, 6.07) is 6.66. The number of unbranched alkanes of at least 4 members (excludes halogenated alkanes) is 1. The Labute approximate surface area is 127 Å². The van der Waals surface area contributed by atoms with Crippen molar-refractivity contribution in [2.75, 3.05) is 5.32 Å². The van der Waals surface area contributed by atoms with Gasteiger partial charge in [0.25, 0.3) is 5.56 Å². The van der Waals surface area contributed by atoms with Crippen molar-refractivity contribution >= 4 is 34.8 Å². The molecular formula is C14H15Cl2N3O. The maximum atomic E-state index is 11.6. The smallest absolute Gasteiger partial charge is 0.252 e. The van der Waals surface area contributed by atoms with E-state index in [4.69, 9.17) is 23.2 Å². The molecule has 0 fully saturated rings. The van der Waals surface area contributed by atoms with Crippen molar-refractivity contribution < 1.29 is 0 Å². The fraction of sp³-hybridized carbons (Fsp3) is 0.286. The third-order valence-electron chi connectivity index (χ3n) is 2.76. The molecule has 6 heteroatoms. The topological polar surface area (TPSA) is 57.8 Å². The lowest BCUT2D eigenvalue weighted by atomic mass is 10.2. The summed E-state index contributed by atoms with van der Waals surface area (Å²) in [6.07, 6.45) is 2.85. The van der Waals surface area contributed by atoms with Gasteiger partial charge in [-0.05, 0) is 31.0 Å². The number of anilines is 2. The van der Waals surface area contributed by atoms with Crippen molar-refractivity contribution in [3.63, 3.8) is 0 Å². The van der Waals surface area contributed by atoms with E-state index < -0.39 is 0 Å². The van der Waals surface area contributed by atoms with E-state index in [2.05, 4.69) is 22.2 Å². The van der Waals surface area contributed by atoms with Crippen LogP contribution in [0.5, 0.6) is 0 Å². The first kappa shape index (κ1) is 14.9. The SMILES string of the molecule is CCCCc1cc(=O)[nH]c(Nc2ccc(Cl)c(Cl)c2)n1. The number of rotatable bonds is 5. The number of nitrogens with one attached hydrogen (secondary N) is 2. The van der Waals surface area contributed by atoms with E-state index in [-0.39, 0.29) is 5.56 Å². The Balaban J connectivity index is 2.21. The highest BCUT2D eigenvalue weighted by molar-refractivity contribution is 6.42. The molecule has 0 amide bonds. The van der Waals surface area contributed by atoms with E-state index in [1.54, 1.807) is 18.2 Å². The molecular weight excluding hydrogens is 297 g/mol. The van der Waals surface area contributed by atoms with Gasteiger partial charge in [0.2, 0.25) is 5.95 Å². The Kier molecular flexibility index (Phi) is 5.04. The van der Waals surface area contributed by atoms with Crippen LogP contribution in [0.3, 0.4) is 0 Å². The van der Waals surface area contributed by atoms with Gasteiger partial charge >= 0.3 is 0 Å². The molecule has 2 N–H and O–H groups in total. The Morgan fingerprint density at radius 3 is 2.75 bits per heavy atom. The standard InChI is InChI=1S/C14H15Cl2N3O/c1-2-3-4-9-8-13(20)19-14(17-9)18-10-5-6-11(15)12(16)7-10/h5-8H,2-4H2,1H3,(H2,17,18,19,20). The fourth-order valence-electron chi connectivity index (χ4n) is 1.76. The average molecular weight is 312 g/mol. The van der Waals surface area contributed by atoms with Crippen LogP contribution in [0.25, 0.3) is 0 Å². The van der Waals surface area contributed by atoms with Crippen molar-refractivity contribution in [2.45, 2.75) is 26.2 Å². The molecule has 0 aliphatic carbocycles. The zero-order valence-corrected chi connectivity index (χ0v) is 12.6. The summed E-state index contributed by atoms with van der Waals surface area (Å²) in [4.78, 5) is 18.6. The molecule has 0 saturated heterocycles. The molecule has 0 saturated carbocycles. The van der Waals surface area contributed by atoms with E-state index >= 15 is 0 Å². The lowest BCUT2D eigenvalue weighted by Gasteiger charge is -2.08. The van der Waals surface area contributed by atoms with Crippen LogP contribution >= 0.6 is 23.2 Å². The minimum absolute atomic E-state index is 0.173. The second-order valence-electron chi connectivity index (χ2n) is 4.44. The summed E-state index contributed by atoms with van der Waals surface area (Å²) in [6.45, 7) is 2.10. The number of nitrogens with zero attached hydrogens (tertiary/aromatic N) is 1. The summed E-state index contributed by atoms with van der Waals surface area (Å²) in [5, 5.41) is 3.95. The predicted octanol–water partition coefficient (Wildman–Crippen LogP) is 4.16. The molecule has 1 aromatic carbocycles. The minimum Gasteiger partial charge on any atom is -0.326 e. The highest BCUT2D eigenvalue weighted by atomic mass is 35.5. The molecule has 0 aliphatic heterocycles. The third-order valence-corrected chi connectivity index (χ3v) is 3.50. The number of benzene rings is 1. The Bertz CT molecular complexity index is 655. The quantitative estimate of drug-likeness (QED) is 0.871. The van der Waals surface area contributed by atoms with Gasteiger partial charge in [-0.3, -0.25) is 9.78 Å². The molecule has 20 heavy (non-hydrogen) atoms. The zero-order valence-electron chi connectivity index (χ0n) is 11.0. The largest absolute Gasteiger partial charge is 0.326 e. The first-order valence-electron chi connectivity index (χ1n) is 6.41. The molecule has 2 aromatic rings. The predicted molar refractivity (Wildman–Crippen MR) is 83.2 cm³/mol. The van der Waals surface area contributed by atoms with Crippen LogP contribution in [-0.2, 0) is 6.42 Å². The van der Waals surface area contributed by atoms with Gasteiger partial charge in [-0.1, -0.05) is 36.5 Å². The fourth-order valence-corrected chi connectivity index (χ4v) is 2.06. The first-order valence-corrected chi connectivity index (χ1v) is 7.16. The van der Waals surface area contributed by atoms with Crippen molar-refractivity contribution in [3.8, 4) is 0 Å². The van der Waals surface area contributed by atoms with Crippen LogP contribution in [0, 0.1) is 0 Å². The van der Waals surface area contributed by atoms with E-state index in [0.717, 1.165) is 30.6 Å². The summed E-state index contributed by atoms with van der Waals surface area (Å²) in [5.74, 6) is 0.405. The Morgan fingerprint density at radius 2 is 2.05 bits per heavy atom. The maximum Gasteiger partial charge on any atom is 0.252 e. The van der Waals surface area contributed by atoms with Crippen molar-refractivity contribution in [1.29, 1.82) is 0 Å². The second-order valence-corrected chi connectivity index (χ2v) is 5.26. The summed E-state index contributed by atoms with van der Waals surface area (Å²) < 4.78 is 0. The molecule has 0 spiro atoms. The summed E-state index contributed by atoms with van der Waals surface area (Å²) in [7, 11) is 0. The van der Waals surface area contributed by atoms with Gasteiger partial charge in [0.1, 0.15) is 0 Å². The molecule has 2 rings (SSSR count). The number of aryl methyl sites for hydroxylation is 1. The molecule has 0 atom stereocenters. The van der Waals surface area contributed by atoms with E-state index in [1.807, 2.05) is 0 Å². The zero-order chi connectivity index (χ0) is 14.5. The van der Waals surface area contributed by atoms with Gasteiger partial charge in [0, 0.05) is 17.4 Å². The van der Waals surface area contributed by atoms with Crippen LogP contribution in [0.15, 0.2) is 29.1 Å². The van der Waals surface area contributed by atoms with Crippen molar-refractivity contribution in [2.24, 2.45) is 0 Å². The average Bonchev–Trinajstić information content (AvgIpc) is 2.40. The van der Waals surface area contributed by atoms with E-state index in [0.29, 0.717) is 16.0 Å². The van der Waals surface area contributed by atoms with Gasteiger partial charge in [0.05, 0.1) is 10.0 Å². The van der Waals surface area contributed by atoms with Crippen LogP contribution in [0.4, 0.5) is 11.6 Å². The van der Waals surface area contributed by atoms with E-state index in [1.165, 1.54) is 6.07 Å². The van der Waals surface area contributed by atoms with Crippen LogP contribution in [0.1, 0.15) is 25.5 Å². The highest BCUT2D eigenvalue weighted by Crippen LogP contribution is 2.26. The third kappa shape index (κ3) is 3.99. The van der Waals surface area contributed by atoms with Crippen LogP contribution < -0.4 is 10.9 Å². The number of hydrogen-bond acceptors (Lipinski definition) is 3. The summed E-state index contributed by atoms with van der Waals surface area (Å²) >= 11 is 11.8. The minimum atomic E-state index is -0.173. The molecule has 0 aliphatic rings. The van der Waals surface area contributed by atoms with Crippen molar-refractivity contribution in [1.82, 2.24) is 9.97 Å². The molecule has 0 radical (unpaired) electrons. The molecule has 1 aromatic heterocycles. The van der Waals surface area contributed by atoms with Gasteiger partial charge in [-0.2, -0.15) is 0 Å². The van der Waals surface area contributed by atoms with Crippen LogP contribution in [0.2, 0.25) is 10.0 Å². The highest BCUT2D eigenvalue weighted by Gasteiger charge is 2.04. The lowest BCUT2D eigenvalue weighted by molar-refractivity contribution is 0.772. The molecule has 106 valence electrons. The Hall–Kier alpha value is -1.52. The molecule has 4 nitrogen and oxygen atoms in total. The van der Waals surface area contributed by atoms with Gasteiger partial charge in [-0.15, -0.1) is 0 Å². The van der Waals surface area contributed by atoms with Crippen LogP contribution in [-0.4, -0.2) is 9.97 Å². The number of aromatic nitrogens is 2.